The van der Waals surface area contributed by atoms with E-state index in [1.165, 1.54) is 46.8 Å². The minimum atomic E-state index is -3.69. The molecule has 0 unspecified atom stereocenters. The fourth-order valence-electron chi connectivity index (χ4n) is 3.02. The van der Waals surface area contributed by atoms with Gasteiger partial charge in [0.05, 0.1) is 16.0 Å². The van der Waals surface area contributed by atoms with E-state index in [0.29, 0.717) is 13.1 Å². The first kappa shape index (κ1) is 20.2. The van der Waals surface area contributed by atoms with Crippen molar-refractivity contribution in [2.75, 3.05) is 19.7 Å². The van der Waals surface area contributed by atoms with Crippen LogP contribution in [0.2, 0.25) is 0 Å². The molecule has 0 amide bonds. The number of carbonyl (C=O) groups is 2. The van der Waals surface area contributed by atoms with E-state index >= 15 is 0 Å². The molecule has 2 aromatic rings. The molecule has 0 spiro atoms. The first-order chi connectivity index (χ1) is 13.4. The second-order valence-electron chi connectivity index (χ2n) is 6.47. The minimum Gasteiger partial charge on any atom is -0.454 e. The number of hydrogen-bond acceptors (Lipinski definition) is 5. The molecule has 28 heavy (non-hydrogen) atoms. The SMILES string of the molecule is O=C(OCC(=O)c1ccccc1F)c1cccc(S(=O)(=O)N2CCCCC2)c1. The Morgan fingerprint density at radius 2 is 1.71 bits per heavy atom. The highest BCUT2D eigenvalue weighted by Crippen LogP contribution is 2.21. The van der Waals surface area contributed by atoms with Gasteiger partial charge in [0.25, 0.3) is 0 Å². The summed E-state index contributed by atoms with van der Waals surface area (Å²) >= 11 is 0. The standard InChI is InChI=1S/C20H20FNO5S/c21-18-10-3-2-9-17(18)19(23)14-27-20(24)15-7-6-8-16(13-15)28(25,26)22-11-4-1-5-12-22/h2-3,6-10,13H,1,4-5,11-12,14H2. The molecule has 1 fully saturated rings. The lowest BCUT2D eigenvalue weighted by molar-refractivity contribution is 0.0473. The summed E-state index contributed by atoms with van der Waals surface area (Å²) in [4.78, 5) is 24.3. The number of esters is 1. The zero-order valence-corrected chi connectivity index (χ0v) is 16.0. The number of halogens is 1. The fraction of sp³-hybridized carbons (Fsp3) is 0.300. The maximum absolute atomic E-state index is 13.6. The van der Waals surface area contributed by atoms with E-state index in [9.17, 15) is 22.4 Å². The Morgan fingerprint density at radius 3 is 2.43 bits per heavy atom. The van der Waals surface area contributed by atoms with E-state index < -0.39 is 34.2 Å². The van der Waals surface area contributed by atoms with Gasteiger partial charge in [0.1, 0.15) is 5.82 Å². The molecule has 0 N–H and O–H groups in total. The van der Waals surface area contributed by atoms with Gasteiger partial charge in [-0.1, -0.05) is 24.6 Å². The van der Waals surface area contributed by atoms with Crippen molar-refractivity contribution < 1.29 is 27.1 Å². The van der Waals surface area contributed by atoms with Crippen LogP contribution in [-0.2, 0) is 14.8 Å². The lowest BCUT2D eigenvalue weighted by Crippen LogP contribution is -2.35. The number of benzene rings is 2. The van der Waals surface area contributed by atoms with Gasteiger partial charge >= 0.3 is 5.97 Å². The van der Waals surface area contributed by atoms with Gasteiger partial charge in [0, 0.05) is 13.1 Å². The van der Waals surface area contributed by atoms with E-state index in [2.05, 4.69) is 0 Å². The maximum Gasteiger partial charge on any atom is 0.338 e. The molecule has 0 radical (unpaired) electrons. The topological polar surface area (TPSA) is 80.8 Å². The van der Waals surface area contributed by atoms with Crippen molar-refractivity contribution in [2.45, 2.75) is 24.2 Å². The third-order valence-electron chi connectivity index (χ3n) is 4.53. The van der Waals surface area contributed by atoms with Crippen LogP contribution >= 0.6 is 0 Å². The van der Waals surface area contributed by atoms with Crippen LogP contribution in [0, 0.1) is 5.82 Å². The highest BCUT2D eigenvalue weighted by molar-refractivity contribution is 7.89. The Morgan fingerprint density at radius 1 is 1.00 bits per heavy atom. The Labute approximate surface area is 163 Å². The normalized spacial score (nSPS) is 15.2. The summed E-state index contributed by atoms with van der Waals surface area (Å²) in [5, 5.41) is 0. The largest absolute Gasteiger partial charge is 0.454 e. The van der Waals surface area contributed by atoms with Crippen molar-refractivity contribution in [3.8, 4) is 0 Å². The zero-order chi connectivity index (χ0) is 20.1. The molecule has 1 saturated heterocycles. The number of piperidine rings is 1. The molecule has 1 heterocycles. The summed E-state index contributed by atoms with van der Waals surface area (Å²) in [5.41, 5.74) is -0.156. The van der Waals surface area contributed by atoms with Gasteiger partial charge in [-0.15, -0.1) is 0 Å². The summed E-state index contributed by atoms with van der Waals surface area (Å²) in [6.07, 6.45) is 2.60. The van der Waals surface area contributed by atoms with Gasteiger partial charge in [0.15, 0.2) is 6.61 Å². The van der Waals surface area contributed by atoms with Crippen molar-refractivity contribution in [1.82, 2.24) is 4.31 Å². The molecular weight excluding hydrogens is 385 g/mol. The molecule has 6 nitrogen and oxygen atoms in total. The van der Waals surface area contributed by atoms with Crippen LogP contribution in [0.1, 0.15) is 40.0 Å². The predicted octanol–water partition coefficient (Wildman–Crippen LogP) is 3.04. The van der Waals surface area contributed by atoms with Crippen molar-refractivity contribution in [3.63, 3.8) is 0 Å². The van der Waals surface area contributed by atoms with Crippen LogP contribution in [0.4, 0.5) is 4.39 Å². The number of ketones is 1. The van der Waals surface area contributed by atoms with Crippen LogP contribution in [0.15, 0.2) is 53.4 Å². The molecule has 0 aliphatic carbocycles. The van der Waals surface area contributed by atoms with E-state index in [1.807, 2.05) is 0 Å². The van der Waals surface area contributed by atoms with Crippen molar-refractivity contribution in [1.29, 1.82) is 0 Å². The number of Topliss-reactive ketones (excluding diaryl/α,β-unsaturated/α-hetero) is 1. The first-order valence-electron chi connectivity index (χ1n) is 8.94. The monoisotopic (exact) mass is 405 g/mol. The minimum absolute atomic E-state index is 0.00396. The van der Waals surface area contributed by atoms with Crippen LogP contribution in [-0.4, -0.2) is 44.2 Å². The Balaban J connectivity index is 1.70. The summed E-state index contributed by atoms with van der Waals surface area (Å²) in [5.74, 6) is -2.22. The average molecular weight is 405 g/mol. The number of nitrogens with zero attached hydrogens (tertiary/aromatic N) is 1. The van der Waals surface area contributed by atoms with E-state index in [0.717, 1.165) is 25.3 Å². The molecule has 2 aromatic carbocycles. The summed E-state index contributed by atoms with van der Waals surface area (Å²) in [7, 11) is -3.69. The summed E-state index contributed by atoms with van der Waals surface area (Å²) < 4.78 is 45.4. The van der Waals surface area contributed by atoms with Gasteiger partial charge < -0.3 is 4.74 Å². The molecule has 0 aromatic heterocycles. The Kier molecular flexibility index (Phi) is 6.21. The highest BCUT2D eigenvalue weighted by Gasteiger charge is 2.26. The van der Waals surface area contributed by atoms with Crippen molar-refractivity contribution in [3.05, 3.63) is 65.5 Å². The molecule has 1 aliphatic heterocycles. The van der Waals surface area contributed by atoms with E-state index in [-0.39, 0.29) is 16.0 Å². The lowest BCUT2D eigenvalue weighted by Gasteiger charge is -2.25. The average Bonchev–Trinajstić information content (AvgIpc) is 2.73. The van der Waals surface area contributed by atoms with Crippen LogP contribution in [0.25, 0.3) is 0 Å². The number of carbonyl (C=O) groups excluding carboxylic acids is 2. The third-order valence-corrected chi connectivity index (χ3v) is 6.43. The summed E-state index contributed by atoms with van der Waals surface area (Å²) in [6.45, 7) is 0.269. The van der Waals surface area contributed by atoms with Crippen LogP contribution < -0.4 is 0 Å². The zero-order valence-electron chi connectivity index (χ0n) is 15.1. The first-order valence-corrected chi connectivity index (χ1v) is 10.4. The summed E-state index contributed by atoms with van der Waals surface area (Å²) in [6, 6.07) is 10.9. The van der Waals surface area contributed by atoms with Gasteiger partial charge in [-0.05, 0) is 43.2 Å². The van der Waals surface area contributed by atoms with Crippen molar-refractivity contribution >= 4 is 21.8 Å². The quantitative estimate of drug-likeness (QED) is 0.545. The van der Waals surface area contributed by atoms with E-state index in [4.69, 9.17) is 4.74 Å². The highest BCUT2D eigenvalue weighted by atomic mass is 32.2. The van der Waals surface area contributed by atoms with E-state index in [1.54, 1.807) is 0 Å². The van der Waals surface area contributed by atoms with Crippen molar-refractivity contribution in [2.24, 2.45) is 0 Å². The second-order valence-corrected chi connectivity index (χ2v) is 8.41. The Hall–Kier alpha value is -2.58. The second kappa shape index (κ2) is 8.62. The number of rotatable bonds is 6. The Bertz CT molecular complexity index is 984. The smallest absolute Gasteiger partial charge is 0.338 e. The molecule has 8 heteroatoms. The number of ether oxygens (including phenoxy) is 1. The van der Waals surface area contributed by atoms with Gasteiger partial charge in [-0.3, -0.25) is 4.79 Å². The lowest BCUT2D eigenvalue weighted by atomic mass is 10.1. The molecular formula is C20H20FNO5S. The molecule has 1 aliphatic rings. The number of sulfonamides is 1. The van der Waals surface area contributed by atoms with Crippen LogP contribution in [0.5, 0.6) is 0 Å². The molecule has 0 bridgehead atoms. The molecule has 148 valence electrons. The third kappa shape index (κ3) is 4.45. The fourth-order valence-corrected chi connectivity index (χ4v) is 4.58. The molecule has 0 saturated carbocycles. The maximum atomic E-state index is 13.6. The predicted molar refractivity (Wildman–Crippen MR) is 100 cm³/mol. The van der Waals surface area contributed by atoms with Gasteiger partial charge in [0.2, 0.25) is 15.8 Å². The number of hydrogen-bond donors (Lipinski definition) is 0. The van der Waals surface area contributed by atoms with Gasteiger partial charge in [-0.25, -0.2) is 17.6 Å². The van der Waals surface area contributed by atoms with Crippen LogP contribution in [0.3, 0.4) is 0 Å². The van der Waals surface area contributed by atoms with Gasteiger partial charge in [-0.2, -0.15) is 4.31 Å². The molecule has 0 atom stereocenters. The molecule has 3 rings (SSSR count).